The van der Waals surface area contributed by atoms with Crippen molar-refractivity contribution in [2.75, 3.05) is 5.32 Å². The number of amides is 1. The number of carbonyl (C=O) groups is 1. The largest absolute Gasteiger partial charge is 0.326 e. The Bertz CT molecular complexity index is 514. The van der Waals surface area contributed by atoms with Gasteiger partial charge in [-0.1, -0.05) is 23.9 Å². The SMILES string of the molecule is C=C1CCC(C)=C1Sc1ccc(NC(C)=O)cc1. The third-order valence-corrected chi connectivity index (χ3v) is 4.25. The highest BCUT2D eigenvalue weighted by Gasteiger charge is 2.15. The van der Waals surface area contributed by atoms with Crippen LogP contribution in [0.3, 0.4) is 0 Å². The van der Waals surface area contributed by atoms with Crippen LogP contribution in [-0.2, 0) is 4.79 Å². The second-order valence-electron chi connectivity index (χ2n) is 4.52. The Hall–Kier alpha value is -1.48. The van der Waals surface area contributed by atoms with E-state index in [1.165, 1.54) is 27.9 Å². The van der Waals surface area contributed by atoms with Crippen LogP contribution >= 0.6 is 11.8 Å². The molecule has 1 aliphatic carbocycles. The fourth-order valence-corrected chi connectivity index (χ4v) is 2.98. The number of rotatable bonds is 3. The minimum atomic E-state index is -0.0434. The molecule has 1 aliphatic rings. The van der Waals surface area contributed by atoms with Gasteiger partial charge in [-0.05, 0) is 49.6 Å². The lowest BCUT2D eigenvalue weighted by molar-refractivity contribution is -0.114. The van der Waals surface area contributed by atoms with Crippen molar-refractivity contribution in [1.29, 1.82) is 0 Å². The molecular weight excluding hydrogens is 242 g/mol. The molecule has 0 heterocycles. The van der Waals surface area contributed by atoms with Crippen molar-refractivity contribution in [1.82, 2.24) is 0 Å². The van der Waals surface area contributed by atoms with Gasteiger partial charge in [-0.15, -0.1) is 0 Å². The first kappa shape index (κ1) is 13.0. The van der Waals surface area contributed by atoms with Gasteiger partial charge >= 0.3 is 0 Å². The first-order chi connectivity index (χ1) is 8.56. The van der Waals surface area contributed by atoms with Crippen LogP contribution in [0.15, 0.2) is 51.8 Å². The monoisotopic (exact) mass is 259 g/mol. The molecule has 0 aromatic heterocycles. The van der Waals surface area contributed by atoms with Gasteiger partial charge in [0.25, 0.3) is 0 Å². The molecule has 0 saturated carbocycles. The third kappa shape index (κ3) is 3.05. The smallest absolute Gasteiger partial charge is 0.221 e. The van der Waals surface area contributed by atoms with E-state index in [1.807, 2.05) is 24.3 Å². The molecule has 2 rings (SSSR count). The highest BCUT2D eigenvalue weighted by atomic mass is 32.2. The van der Waals surface area contributed by atoms with Crippen LogP contribution in [0.2, 0.25) is 0 Å². The summed E-state index contributed by atoms with van der Waals surface area (Å²) >= 11 is 1.76. The molecule has 1 aromatic carbocycles. The summed E-state index contributed by atoms with van der Waals surface area (Å²) in [4.78, 5) is 13.4. The van der Waals surface area contributed by atoms with E-state index < -0.39 is 0 Å². The Morgan fingerprint density at radius 2 is 1.94 bits per heavy atom. The maximum Gasteiger partial charge on any atom is 0.221 e. The highest BCUT2D eigenvalue weighted by Crippen LogP contribution is 2.41. The van der Waals surface area contributed by atoms with Gasteiger partial charge < -0.3 is 5.32 Å². The molecule has 18 heavy (non-hydrogen) atoms. The number of anilines is 1. The van der Waals surface area contributed by atoms with E-state index in [2.05, 4.69) is 18.8 Å². The molecule has 0 radical (unpaired) electrons. The van der Waals surface area contributed by atoms with Crippen molar-refractivity contribution >= 4 is 23.4 Å². The topological polar surface area (TPSA) is 29.1 Å². The second kappa shape index (κ2) is 5.44. The van der Waals surface area contributed by atoms with Crippen molar-refractivity contribution in [2.24, 2.45) is 0 Å². The van der Waals surface area contributed by atoms with Crippen LogP contribution in [0.25, 0.3) is 0 Å². The fraction of sp³-hybridized carbons (Fsp3) is 0.267. The van der Waals surface area contributed by atoms with E-state index >= 15 is 0 Å². The van der Waals surface area contributed by atoms with Crippen LogP contribution in [0.4, 0.5) is 5.69 Å². The van der Waals surface area contributed by atoms with Crippen LogP contribution in [0.1, 0.15) is 26.7 Å². The summed E-state index contributed by atoms with van der Waals surface area (Å²) in [7, 11) is 0. The van der Waals surface area contributed by atoms with Crippen molar-refractivity contribution < 1.29 is 4.79 Å². The predicted molar refractivity (Wildman–Crippen MR) is 77.7 cm³/mol. The Morgan fingerprint density at radius 1 is 1.28 bits per heavy atom. The quantitative estimate of drug-likeness (QED) is 0.873. The lowest BCUT2D eigenvalue weighted by atomic mass is 10.2. The van der Waals surface area contributed by atoms with Crippen LogP contribution in [0, 0.1) is 0 Å². The Kier molecular flexibility index (Phi) is 3.92. The minimum Gasteiger partial charge on any atom is -0.326 e. The number of benzene rings is 1. The predicted octanol–water partition coefficient (Wildman–Crippen LogP) is 4.36. The third-order valence-electron chi connectivity index (χ3n) is 2.91. The summed E-state index contributed by atoms with van der Waals surface area (Å²) in [5.74, 6) is -0.0434. The Balaban J connectivity index is 2.09. The number of nitrogens with one attached hydrogen (secondary N) is 1. The molecule has 0 aliphatic heterocycles. The van der Waals surface area contributed by atoms with E-state index in [0.717, 1.165) is 18.5 Å². The minimum absolute atomic E-state index is 0.0434. The highest BCUT2D eigenvalue weighted by molar-refractivity contribution is 8.03. The maximum absolute atomic E-state index is 10.9. The van der Waals surface area contributed by atoms with Crippen LogP contribution in [0.5, 0.6) is 0 Å². The van der Waals surface area contributed by atoms with Gasteiger partial charge in [-0.2, -0.15) is 0 Å². The maximum atomic E-state index is 10.9. The van der Waals surface area contributed by atoms with Crippen molar-refractivity contribution in [3.63, 3.8) is 0 Å². The summed E-state index contributed by atoms with van der Waals surface area (Å²) in [6.45, 7) is 7.79. The zero-order valence-electron chi connectivity index (χ0n) is 10.7. The van der Waals surface area contributed by atoms with Crippen molar-refractivity contribution in [2.45, 2.75) is 31.6 Å². The summed E-state index contributed by atoms with van der Waals surface area (Å²) in [5.41, 5.74) is 3.50. The number of hydrogen-bond donors (Lipinski definition) is 1. The van der Waals surface area contributed by atoms with Crippen LogP contribution < -0.4 is 5.32 Å². The molecule has 0 unspecified atom stereocenters. The average molecular weight is 259 g/mol. The van der Waals surface area contributed by atoms with E-state index in [1.54, 1.807) is 11.8 Å². The first-order valence-electron chi connectivity index (χ1n) is 5.99. The van der Waals surface area contributed by atoms with Crippen LogP contribution in [-0.4, -0.2) is 5.91 Å². The van der Waals surface area contributed by atoms with Gasteiger partial charge in [0, 0.05) is 22.4 Å². The standard InChI is InChI=1S/C15H17NOS/c1-10-4-5-11(2)15(10)18-14-8-6-13(7-9-14)16-12(3)17/h6-9H,1,4-5H2,2-3H3,(H,16,17). The first-order valence-corrected chi connectivity index (χ1v) is 6.81. The van der Waals surface area contributed by atoms with Gasteiger partial charge in [0.2, 0.25) is 5.91 Å². The zero-order chi connectivity index (χ0) is 13.1. The van der Waals surface area contributed by atoms with Crippen molar-refractivity contribution in [3.05, 3.63) is 46.9 Å². The molecule has 0 fully saturated rings. The lowest BCUT2D eigenvalue weighted by Gasteiger charge is -2.07. The number of thioether (sulfide) groups is 1. The van der Waals surface area contributed by atoms with Gasteiger partial charge in [0.1, 0.15) is 0 Å². The van der Waals surface area contributed by atoms with E-state index in [4.69, 9.17) is 0 Å². The average Bonchev–Trinajstić information content (AvgIpc) is 2.63. The molecule has 0 saturated heterocycles. The molecule has 0 spiro atoms. The second-order valence-corrected chi connectivity index (χ2v) is 5.60. The lowest BCUT2D eigenvalue weighted by Crippen LogP contribution is -2.05. The van der Waals surface area contributed by atoms with E-state index in [9.17, 15) is 4.79 Å². The van der Waals surface area contributed by atoms with E-state index in [0.29, 0.717) is 0 Å². The van der Waals surface area contributed by atoms with Gasteiger partial charge in [0.15, 0.2) is 0 Å². The Labute approximate surface area is 112 Å². The molecule has 3 heteroatoms. The molecule has 0 bridgehead atoms. The summed E-state index contributed by atoms with van der Waals surface area (Å²) < 4.78 is 0. The molecular formula is C15H17NOS. The Morgan fingerprint density at radius 3 is 2.44 bits per heavy atom. The summed E-state index contributed by atoms with van der Waals surface area (Å²) in [6.07, 6.45) is 2.21. The number of allylic oxidation sites excluding steroid dienone is 2. The molecule has 1 amide bonds. The van der Waals surface area contributed by atoms with Crippen molar-refractivity contribution in [3.8, 4) is 0 Å². The number of hydrogen-bond acceptors (Lipinski definition) is 2. The molecule has 94 valence electrons. The molecule has 2 nitrogen and oxygen atoms in total. The van der Waals surface area contributed by atoms with Gasteiger partial charge in [0.05, 0.1) is 0 Å². The van der Waals surface area contributed by atoms with Gasteiger partial charge in [-0.3, -0.25) is 4.79 Å². The fourth-order valence-electron chi connectivity index (χ4n) is 1.95. The van der Waals surface area contributed by atoms with E-state index in [-0.39, 0.29) is 5.91 Å². The van der Waals surface area contributed by atoms with Gasteiger partial charge in [-0.25, -0.2) is 0 Å². The zero-order valence-corrected chi connectivity index (χ0v) is 11.6. The normalized spacial score (nSPS) is 15.1. The summed E-state index contributed by atoms with van der Waals surface area (Å²) in [6, 6.07) is 7.91. The molecule has 1 aromatic rings. The molecule has 0 atom stereocenters. The number of carbonyl (C=O) groups excluding carboxylic acids is 1. The summed E-state index contributed by atoms with van der Waals surface area (Å²) in [5, 5.41) is 2.77. The molecule has 1 N–H and O–H groups in total.